The van der Waals surface area contributed by atoms with Gasteiger partial charge in [0, 0.05) is 5.69 Å². The van der Waals surface area contributed by atoms with E-state index in [4.69, 9.17) is 0 Å². The summed E-state index contributed by atoms with van der Waals surface area (Å²) in [6, 6.07) is 4.91. The van der Waals surface area contributed by atoms with Gasteiger partial charge in [-0.05, 0) is 30.7 Å². The summed E-state index contributed by atoms with van der Waals surface area (Å²) >= 11 is 0. The van der Waals surface area contributed by atoms with Crippen LogP contribution in [0.1, 0.15) is 6.42 Å². The van der Waals surface area contributed by atoms with Crippen LogP contribution in [0.5, 0.6) is 0 Å². The molecule has 0 aliphatic rings. The van der Waals surface area contributed by atoms with Crippen molar-refractivity contribution in [2.75, 3.05) is 17.1 Å². The molecule has 0 saturated carbocycles. The molecule has 1 N–H and O–H groups in total. The fourth-order valence-corrected chi connectivity index (χ4v) is 2.08. The predicted octanol–water partition coefficient (Wildman–Crippen LogP) is 1.93. The molecule has 1 rings (SSSR count). The Morgan fingerprint density at radius 1 is 1.20 bits per heavy atom. The Bertz CT molecular complexity index is 403. The minimum Gasteiger partial charge on any atom is -0.284 e. The van der Waals surface area contributed by atoms with E-state index in [1.165, 1.54) is 12.1 Å². The summed E-state index contributed by atoms with van der Waals surface area (Å²) in [6.45, 7) is -0.676. The predicted molar refractivity (Wildman–Crippen MR) is 54.4 cm³/mol. The molecule has 1 aromatic carbocycles. The summed E-state index contributed by atoms with van der Waals surface area (Å²) in [7, 11) is -3.52. The molecule has 0 fully saturated rings. The van der Waals surface area contributed by atoms with Crippen molar-refractivity contribution in [2.45, 2.75) is 6.42 Å². The molecule has 0 amide bonds. The van der Waals surface area contributed by atoms with E-state index in [1.54, 1.807) is 0 Å². The van der Waals surface area contributed by atoms with Crippen molar-refractivity contribution in [3.8, 4) is 0 Å². The lowest BCUT2D eigenvalue weighted by atomic mass is 10.3. The number of sulfonamides is 1. The third-order valence-corrected chi connectivity index (χ3v) is 3.04. The molecule has 6 heteroatoms. The average Bonchev–Trinajstić information content (AvgIpc) is 2.18. The SMILES string of the molecule is O=S(=O)(CCC[18F])Nc1ccc([18F])cc1. The summed E-state index contributed by atoms with van der Waals surface area (Å²) in [4.78, 5) is 0. The average molecular weight is 233 g/mol. The van der Waals surface area contributed by atoms with Gasteiger partial charge >= 0.3 is 0 Å². The summed E-state index contributed by atoms with van der Waals surface area (Å²) in [6.07, 6.45) is -0.0451. The lowest BCUT2D eigenvalue weighted by Gasteiger charge is -2.06. The molecule has 0 aromatic heterocycles. The van der Waals surface area contributed by atoms with Crippen LogP contribution < -0.4 is 4.72 Å². The second-order valence-electron chi connectivity index (χ2n) is 2.97. The quantitative estimate of drug-likeness (QED) is 0.844. The minimum atomic E-state index is -3.52. The number of anilines is 1. The van der Waals surface area contributed by atoms with Gasteiger partial charge in [0.25, 0.3) is 0 Å². The van der Waals surface area contributed by atoms with Crippen molar-refractivity contribution in [2.24, 2.45) is 0 Å². The molecule has 0 atom stereocenters. The molecule has 0 aliphatic carbocycles. The van der Waals surface area contributed by atoms with E-state index in [0.717, 1.165) is 12.1 Å². The van der Waals surface area contributed by atoms with Crippen molar-refractivity contribution in [3.05, 3.63) is 30.1 Å². The van der Waals surface area contributed by atoms with E-state index in [0.29, 0.717) is 0 Å². The first-order chi connectivity index (χ1) is 7.03. The van der Waals surface area contributed by atoms with Crippen molar-refractivity contribution in [1.29, 1.82) is 0 Å². The summed E-state index contributed by atoms with van der Waals surface area (Å²) in [5, 5.41) is 0. The molecular formula is C9H11F2NO2S. The Morgan fingerprint density at radius 3 is 2.33 bits per heavy atom. The zero-order valence-corrected chi connectivity index (χ0v) is 8.73. The van der Waals surface area contributed by atoms with Gasteiger partial charge < -0.3 is 0 Å². The van der Waals surface area contributed by atoms with E-state index >= 15 is 0 Å². The molecule has 0 spiro atoms. The van der Waals surface area contributed by atoms with Crippen LogP contribution in [0.3, 0.4) is 0 Å². The lowest BCUT2D eigenvalue weighted by Crippen LogP contribution is -2.16. The van der Waals surface area contributed by atoms with Crippen LogP contribution in [0.2, 0.25) is 0 Å². The molecule has 0 bridgehead atoms. The summed E-state index contributed by atoms with van der Waals surface area (Å²) in [5.41, 5.74) is 0.273. The fraction of sp³-hybridized carbons (Fsp3) is 0.333. The Balaban J connectivity index is 2.65. The maximum absolute atomic E-state index is 12.5. The monoisotopic (exact) mass is 233 g/mol. The first-order valence-corrected chi connectivity index (χ1v) is 6.01. The van der Waals surface area contributed by atoms with Crippen molar-refractivity contribution < 1.29 is 17.2 Å². The number of alkyl halides is 1. The number of nitrogens with one attached hydrogen (secondary N) is 1. The van der Waals surface area contributed by atoms with Crippen LogP contribution in [0.4, 0.5) is 14.5 Å². The van der Waals surface area contributed by atoms with E-state index < -0.39 is 22.5 Å². The Kier molecular flexibility index (Phi) is 4.02. The number of hydrogen-bond donors (Lipinski definition) is 1. The number of rotatable bonds is 5. The van der Waals surface area contributed by atoms with E-state index in [1.807, 2.05) is 0 Å². The van der Waals surface area contributed by atoms with Gasteiger partial charge in [-0.15, -0.1) is 0 Å². The molecule has 3 nitrogen and oxygen atoms in total. The van der Waals surface area contributed by atoms with E-state index in [2.05, 4.69) is 4.72 Å². The van der Waals surface area contributed by atoms with E-state index in [-0.39, 0.29) is 17.9 Å². The fourth-order valence-electron chi connectivity index (χ4n) is 0.993. The molecule has 15 heavy (non-hydrogen) atoms. The molecule has 0 unspecified atom stereocenters. The van der Waals surface area contributed by atoms with Crippen LogP contribution in [-0.4, -0.2) is 20.8 Å². The van der Waals surface area contributed by atoms with Crippen LogP contribution >= 0.6 is 0 Å². The standard InChI is InChI=1S/C9H11F2NO2S/c10-6-1-7-15(13,14)12-9-4-2-8(11)3-5-9/h2-5,12H,1,6-7H2/i10-1,11-1. The molecule has 0 heterocycles. The number of hydrogen-bond acceptors (Lipinski definition) is 2. The normalized spacial score (nSPS) is 11.3. The van der Waals surface area contributed by atoms with Crippen molar-refractivity contribution in [1.82, 2.24) is 0 Å². The summed E-state index contributed by atoms with van der Waals surface area (Å²) < 4.78 is 49.0. The summed E-state index contributed by atoms with van der Waals surface area (Å²) in [5.74, 6) is -0.720. The van der Waals surface area contributed by atoms with Gasteiger partial charge in [-0.25, -0.2) is 12.8 Å². The number of halogens is 2. The lowest BCUT2D eigenvalue weighted by molar-refractivity contribution is 0.484. The zero-order chi connectivity index (χ0) is 11.3. The molecular weight excluding hydrogens is 222 g/mol. The number of benzene rings is 1. The Morgan fingerprint density at radius 2 is 1.80 bits per heavy atom. The van der Waals surface area contributed by atoms with Crippen LogP contribution in [0.15, 0.2) is 24.3 Å². The highest BCUT2D eigenvalue weighted by atomic mass is 32.2. The molecule has 84 valence electrons. The molecule has 0 radical (unpaired) electrons. The van der Waals surface area contributed by atoms with Crippen molar-refractivity contribution >= 4 is 15.7 Å². The van der Waals surface area contributed by atoms with Gasteiger partial charge in [-0.2, -0.15) is 0 Å². The highest BCUT2D eigenvalue weighted by molar-refractivity contribution is 7.92. The zero-order valence-electron chi connectivity index (χ0n) is 7.91. The Labute approximate surface area is 87.2 Å². The van der Waals surface area contributed by atoms with Crippen LogP contribution in [0, 0.1) is 5.82 Å². The second-order valence-corrected chi connectivity index (χ2v) is 4.81. The van der Waals surface area contributed by atoms with E-state index in [9.17, 15) is 17.2 Å². The first kappa shape index (κ1) is 11.9. The second kappa shape index (κ2) is 5.06. The highest BCUT2D eigenvalue weighted by Gasteiger charge is 2.09. The van der Waals surface area contributed by atoms with Gasteiger partial charge in [0.05, 0.1) is 12.4 Å². The highest BCUT2D eigenvalue weighted by Crippen LogP contribution is 2.10. The third-order valence-electron chi connectivity index (χ3n) is 1.66. The minimum absolute atomic E-state index is 0.0451. The molecule has 0 saturated heterocycles. The maximum Gasteiger partial charge on any atom is 0.232 e. The maximum atomic E-state index is 12.5. The third kappa shape index (κ3) is 4.24. The van der Waals surface area contributed by atoms with Crippen LogP contribution in [-0.2, 0) is 10.0 Å². The van der Waals surface area contributed by atoms with Gasteiger partial charge in [0.15, 0.2) is 0 Å². The Hall–Kier alpha value is -1.17. The van der Waals surface area contributed by atoms with Gasteiger partial charge in [0.1, 0.15) is 5.82 Å². The first-order valence-electron chi connectivity index (χ1n) is 4.35. The van der Waals surface area contributed by atoms with Gasteiger partial charge in [-0.1, -0.05) is 0 Å². The molecule has 1 aromatic rings. The largest absolute Gasteiger partial charge is 0.284 e. The van der Waals surface area contributed by atoms with Crippen LogP contribution in [0.25, 0.3) is 0 Å². The smallest absolute Gasteiger partial charge is 0.232 e. The van der Waals surface area contributed by atoms with Crippen molar-refractivity contribution in [3.63, 3.8) is 0 Å². The topological polar surface area (TPSA) is 46.2 Å². The molecule has 0 aliphatic heterocycles. The van der Waals surface area contributed by atoms with Gasteiger partial charge in [0.2, 0.25) is 10.0 Å². The van der Waals surface area contributed by atoms with Gasteiger partial charge in [-0.3, -0.25) is 9.11 Å².